The van der Waals surface area contributed by atoms with E-state index in [0.29, 0.717) is 6.04 Å². The molecule has 1 heterocycles. The normalized spacial score (nSPS) is 12.9. The first-order valence-corrected chi connectivity index (χ1v) is 8.20. The summed E-state index contributed by atoms with van der Waals surface area (Å²) in [6, 6.07) is 7.09. The molecule has 0 bridgehead atoms. The second-order valence-corrected chi connectivity index (χ2v) is 6.39. The molecule has 0 saturated carbocycles. The molecule has 21 heavy (non-hydrogen) atoms. The Kier molecular flexibility index (Phi) is 5.53. The highest BCUT2D eigenvalue weighted by molar-refractivity contribution is 9.10. The van der Waals surface area contributed by atoms with Crippen LogP contribution in [0.15, 0.2) is 29.0 Å². The van der Waals surface area contributed by atoms with Crippen LogP contribution < -0.4 is 5.32 Å². The number of benzene rings is 1. The molecule has 2 rings (SSSR count). The number of rotatable bonds is 6. The Hall–Kier alpha value is -1.20. The largest absolute Gasteiger partial charge is 0.310 e. The van der Waals surface area contributed by atoms with Crippen LogP contribution in [0.2, 0.25) is 0 Å². The van der Waals surface area contributed by atoms with Crippen LogP contribution in [-0.4, -0.2) is 21.3 Å². The minimum absolute atomic E-state index is 0.253. The van der Waals surface area contributed by atoms with E-state index in [1.54, 1.807) is 6.33 Å². The number of hydrogen-bond donors (Lipinski definition) is 1. The fourth-order valence-electron chi connectivity index (χ4n) is 2.47. The first kappa shape index (κ1) is 16.2. The first-order chi connectivity index (χ1) is 10.0. The number of likely N-dealkylation sites (N-methyl/N-ethyl adjacent to an activating group) is 1. The molecule has 0 aliphatic rings. The summed E-state index contributed by atoms with van der Waals surface area (Å²) in [4.78, 5) is 4.43. The summed E-state index contributed by atoms with van der Waals surface area (Å²) in [5.74, 6) is 1.02. The Morgan fingerprint density at radius 3 is 2.71 bits per heavy atom. The smallest absolute Gasteiger partial charge is 0.138 e. The van der Waals surface area contributed by atoms with Gasteiger partial charge in [0.1, 0.15) is 12.2 Å². The minimum Gasteiger partial charge on any atom is -0.310 e. The van der Waals surface area contributed by atoms with Crippen molar-refractivity contribution in [2.45, 2.75) is 46.2 Å². The third-order valence-corrected chi connectivity index (χ3v) is 4.45. The molecular formula is C16H23BrN4. The van der Waals surface area contributed by atoms with Crippen LogP contribution >= 0.6 is 15.9 Å². The van der Waals surface area contributed by atoms with Crippen molar-refractivity contribution in [2.75, 3.05) is 6.54 Å². The molecule has 5 heteroatoms. The lowest BCUT2D eigenvalue weighted by Gasteiger charge is -2.20. The fourth-order valence-corrected chi connectivity index (χ4v) is 2.72. The average Bonchev–Trinajstić information content (AvgIpc) is 2.90. The van der Waals surface area contributed by atoms with E-state index in [0.717, 1.165) is 23.3 Å². The molecule has 4 nitrogen and oxygen atoms in total. The molecule has 1 aromatic heterocycles. The summed E-state index contributed by atoms with van der Waals surface area (Å²) < 4.78 is 3.14. The molecule has 0 aliphatic carbocycles. The molecule has 114 valence electrons. The van der Waals surface area contributed by atoms with Crippen molar-refractivity contribution in [1.82, 2.24) is 20.1 Å². The number of halogens is 1. The third-order valence-electron chi connectivity index (χ3n) is 3.56. The lowest BCUT2D eigenvalue weighted by molar-refractivity contribution is 0.468. The monoisotopic (exact) mass is 350 g/mol. The van der Waals surface area contributed by atoms with E-state index in [4.69, 9.17) is 0 Å². The van der Waals surface area contributed by atoms with Crippen molar-refractivity contribution in [3.05, 3.63) is 46.0 Å². The number of aromatic nitrogens is 3. The van der Waals surface area contributed by atoms with Crippen LogP contribution in [0.1, 0.15) is 49.8 Å². The maximum absolute atomic E-state index is 4.43. The van der Waals surface area contributed by atoms with Gasteiger partial charge < -0.3 is 5.32 Å². The Bertz CT molecular complexity index is 592. The van der Waals surface area contributed by atoms with E-state index in [1.807, 2.05) is 4.68 Å². The highest BCUT2D eigenvalue weighted by atomic mass is 79.9. The summed E-state index contributed by atoms with van der Waals surface area (Å²) in [6.45, 7) is 9.43. The lowest BCUT2D eigenvalue weighted by atomic mass is 10.0. The van der Waals surface area contributed by atoms with Crippen LogP contribution in [0.25, 0.3) is 0 Å². The van der Waals surface area contributed by atoms with E-state index >= 15 is 0 Å². The quantitative estimate of drug-likeness (QED) is 0.860. The van der Waals surface area contributed by atoms with Crippen LogP contribution in [0.5, 0.6) is 0 Å². The van der Waals surface area contributed by atoms with Crippen molar-refractivity contribution in [3.63, 3.8) is 0 Å². The SMILES string of the molecule is CCNC(Cc1ncnn1C(C)C)c1ccc(Br)c(C)c1. The summed E-state index contributed by atoms with van der Waals surface area (Å²) in [5, 5.41) is 7.88. The molecule has 1 unspecified atom stereocenters. The number of hydrogen-bond acceptors (Lipinski definition) is 3. The van der Waals surface area contributed by atoms with Gasteiger partial charge in [-0.3, -0.25) is 0 Å². The zero-order chi connectivity index (χ0) is 15.4. The summed E-state index contributed by atoms with van der Waals surface area (Å²) in [7, 11) is 0. The number of nitrogens with zero attached hydrogens (tertiary/aromatic N) is 3. The highest BCUT2D eigenvalue weighted by Gasteiger charge is 2.16. The molecule has 0 amide bonds. The minimum atomic E-state index is 0.253. The Labute approximate surface area is 135 Å². The first-order valence-electron chi connectivity index (χ1n) is 7.40. The molecule has 1 atom stereocenters. The fraction of sp³-hybridized carbons (Fsp3) is 0.500. The van der Waals surface area contributed by atoms with Crippen molar-refractivity contribution in [2.24, 2.45) is 0 Å². The molecule has 1 aromatic carbocycles. The van der Waals surface area contributed by atoms with Crippen LogP contribution in [0, 0.1) is 6.92 Å². The van der Waals surface area contributed by atoms with Gasteiger partial charge in [-0.25, -0.2) is 9.67 Å². The predicted octanol–water partition coefficient (Wildman–Crippen LogP) is 3.82. The molecule has 2 aromatic rings. The topological polar surface area (TPSA) is 42.7 Å². The molecule has 0 fully saturated rings. The van der Waals surface area contributed by atoms with Gasteiger partial charge in [0, 0.05) is 23.0 Å². The van der Waals surface area contributed by atoms with Crippen LogP contribution in [-0.2, 0) is 6.42 Å². The maximum atomic E-state index is 4.43. The van der Waals surface area contributed by atoms with Gasteiger partial charge in [0.05, 0.1) is 0 Å². The van der Waals surface area contributed by atoms with Gasteiger partial charge >= 0.3 is 0 Å². The van der Waals surface area contributed by atoms with Gasteiger partial charge in [0.2, 0.25) is 0 Å². The Balaban J connectivity index is 2.26. The predicted molar refractivity (Wildman–Crippen MR) is 89.4 cm³/mol. The van der Waals surface area contributed by atoms with Crippen molar-refractivity contribution in [1.29, 1.82) is 0 Å². The zero-order valence-corrected chi connectivity index (χ0v) is 14.7. The van der Waals surface area contributed by atoms with Gasteiger partial charge in [0.15, 0.2) is 0 Å². The number of nitrogens with one attached hydrogen (secondary N) is 1. The molecule has 0 aliphatic heterocycles. The molecule has 0 spiro atoms. The molecule has 0 saturated heterocycles. The highest BCUT2D eigenvalue weighted by Crippen LogP contribution is 2.24. The Morgan fingerprint density at radius 2 is 2.10 bits per heavy atom. The van der Waals surface area contributed by atoms with E-state index in [2.05, 4.69) is 77.2 Å². The van der Waals surface area contributed by atoms with Gasteiger partial charge in [-0.1, -0.05) is 35.0 Å². The van der Waals surface area contributed by atoms with E-state index in [9.17, 15) is 0 Å². The van der Waals surface area contributed by atoms with Gasteiger partial charge in [-0.15, -0.1) is 0 Å². The van der Waals surface area contributed by atoms with Crippen LogP contribution in [0.3, 0.4) is 0 Å². The molecule has 1 N–H and O–H groups in total. The van der Waals surface area contributed by atoms with E-state index in [1.165, 1.54) is 11.1 Å². The summed E-state index contributed by atoms with van der Waals surface area (Å²) >= 11 is 3.56. The van der Waals surface area contributed by atoms with Gasteiger partial charge in [-0.2, -0.15) is 5.10 Å². The van der Waals surface area contributed by atoms with Crippen molar-refractivity contribution < 1.29 is 0 Å². The Morgan fingerprint density at radius 1 is 1.33 bits per heavy atom. The molecular weight excluding hydrogens is 328 g/mol. The summed E-state index contributed by atoms with van der Waals surface area (Å²) in [6.07, 6.45) is 2.48. The second-order valence-electron chi connectivity index (χ2n) is 5.54. The maximum Gasteiger partial charge on any atom is 0.138 e. The van der Waals surface area contributed by atoms with Crippen molar-refractivity contribution >= 4 is 15.9 Å². The van der Waals surface area contributed by atoms with Crippen LogP contribution in [0.4, 0.5) is 0 Å². The van der Waals surface area contributed by atoms with Crippen molar-refractivity contribution in [3.8, 4) is 0 Å². The van der Waals surface area contributed by atoms with E-state index < -0.39 is 0 Å². The standard InChI is InChI=1S/C16H23BrN4/c1-5-18-15(13-6-7-14(17)12(4)8-13)9-16-19-10-20-21(16)11(2)3/h6-8,10-11,15,18H,5,9H2,1-4H3. The lowest BCUT2D eigenvalue weighted by Crippen LogP contribution is -2.25. The third kappa shape index (κ3) is 3.92. The van der Waals surface area contributed by atoms with Gasteiger partial charge in [-0.05, 0) is 44.5 Å². The van der Waals surface area contributed by atoms with E-state index in [-0.39, 0.29) is 6.04 Å². The zero-order valence-electron chi connectivity index (χ0n) is 13.1. The number of aryl methyl sites for hydroxylation is 1. The second kappa shape index (κ2) is 7.18. The summed E-state index contributed by atoms with van der Waals surface area (Å²) in [5.41, 5.74) is 2.54. The average molecular weight is 351 g/mol. The van der Waals surface area contributed by atoms with Gasteiger partial charge in [0.25, 0.3) is 0 Å². The molecule has 0 radical (unpaired) electrons.